The summed E-state index contributed by atoms with van der Waals surface area (Å²) in [6.07, 6.45) is -2.14. The van der Waals surface area contributed by atoms with Gasteiger partial charge in [0, 0.05) is 56.5 Å². The molecule has 0 saturated carbocycles. The first kappa shape index (κ1) is 31.0. The molecular weight excluding hydrogens is 577 g/mol. The molecule has 1 saturated heterocycles. The molecule has 234 valence electrons. The van der Waals surface area contributed by atoms with E-state index >= 15 is 0 Å². The van der Waals surface area contributed by atoms with Gasteiger partial charge in [0.2, 0.25) is 11.8 Å². The summed E-state index contributed by atoms with van der Waals surface area (Å²) in [6, 6.07) is 10.2. The molecule has 5 rings (SSSR count). The van der Waals surface area contributed by atoms with E-state index < -0.39 is 17.6 Å². The van der Waals surface area contributed by atoms with Crippen molar-refractivity contribution >= 4 is 23.5 Å². The molecule has 0 spiro atoms. The minimum absolute atomic E-state index is 0.0812. The number of piperidine rings is 1. The number of hydrogen-bond donors (Lipinski definition) is 2. The number of rotatable bonds is 10. The van der Waals surface area contributed by atoms with Crippen molar-refractivity contribution in [1.29, 1.82) is 0 Å². The summed E-state index contributed by atoms with van der Waals surface area (Å²) in [4.78, 5) is 37.2. The number of fused-ring (bicyclic) bond motifs is 1. The first-order valence-corrected chi connectivity index (χ1v) is 14.5. The van der Waals surface area contributed by atoms with Gasteiger partial charge in [0.15, 0.2) is 0 Å². The summed E-state index contributed by atoms with van der Waals surface area (Å²) in [7, 11) is 3.12. The van der Waals surface area contributed by atoms with Crippen LogP contribution in [0.25, 0.3) is 0 Å². The minimum atomic E-state index is -4.75. The zero-order chi connectivity index (χ0) is 31.4. The molecule has 44 heavy (non-hydrogen) atoms. The second-order valence-corrected chi connectivity index (χ2v) is 10.8. The van der Waals surface area contributed by atoms with E-state index in [-0.39, 0.29) is 42.6 Å². The number of hydrogen-bond acceptors (Lipinski definition) is 8. The van der Waals surface area contributed by atoms with Crippen LogP contribution >= 0.6 is 0 Å². The van der Waals surface area contributed by atoms with E-state index in [1.54, 1.807) is 36.2 Å². The fourth-order valence-corrected chi connectivity index (χ4v) is 5.49. The largest absolute Gasteiger partial charge is 0.495 e. The van der Waals surface area contributed by atoms with Crippen molar-refractivity contribution in [3.05, 3.63) is 70.4 Å². The van der Waals surface area contributed by atoms with Crippen molar-refractivity contribution in [1.82, 2.24) is 25.1 Å². The van der Waals surface area contributed by atoms with Gasteiger partial charge in [-0.3, -0.25) is 9.59 Å². The first-order valence-electron chi connectivity index (χ1n) is 14.5. The number of alkyl halides is 3. The Labute approximate surface area is 253 Å². The average molecular weight is 613 g/mol. The van der Waals surface area contributed by atoms with E-state index in [0.717, 1.165) is 38.0 Å². The van der Waals surface area contributed by atoms with Gasteiger partial charge in [0.1, 0.15) is 11.3 Å². The lowest BCUT2D eigenvalue weighted by Gasteiger charge is -2.31. The van der Waals surface area contributed by atoms with Crippen LogP contribution in [0.1, 0.15) is 57.2 Å². The molecule has 3 heterocycles. The Morgan fingerprint density at radius 2 is 1.93 bits per heavy atom. The highest BCUT2D eigenvalue weighted by atomic mass is 19.4. The number of aromatic nitrogens is 2. The van der Waals surface area contributed by atoms with Gasteiger partial charge in [-0.2, -0.15) is 18.2 Å². The number of nitrogens with one attached hydrogen (secondary N) is 2. The maximum absolute atomic E-state index is 13.8. The normalized spacial score (nSPS) is 15.7. The number of ether oxygens (including phenoxy) is 2. The molecule has 1 aromatic heterocycles. The summed E-state index contributed by atoms with van der Waals surface area (Å²) in [6.45, 7) is 5.30. The Morgan fingerprint density at radius 1 is 1.16 bits per heavy atom. The van der Waals surface area contributed by atoms with Crippen molar-refractivity contribution in [2.75, 3.05) is 45.7 Å². The number of methoxy groups -OCH3 is 1. The van der Waals surface area contributed by atoms with Crippen LogP contribution in [0.4, 0.5) is 24.8 Å². The van der Waals surface area contributed by atoms with Crippen molar-refractivity contribution in [3.8, 4) is 11.6 Å². The first-order chi connectivity index (χ1) is 21.1. The number of likely N-dealkylation sites (tertiary alicyclic amines) is 1. The molecule has 13 heteroatoms. The van der Waals surface area contributed by atoms with Gasteiger partial charge in [-0.05, 0) is 48.7 Å². The zero-order valence-electron chi connectivity index (χ0n) is 24.8. The molecule has 0 atom stereocenters. The van der Waals surface area contributed by atoms with Gasteiger partial charge >= 0.3 is 6.18 Å². The van der Waals surface area contributed by atoms with Crippen molar-refractivity contribution in [2.45, 2.75) is 44.9 Å². The standard InChI is InChI=1S/C31H35F3N6O4/c1-4-40-13-10-22(11-14-40)36-27(41)20-8-9-24(25(16-20)43-3)37-30-35-17-23(31(32,33)34)28(38-30)44-15-12-19-6-5-7-21-18-39(2)29(42)26(19)21/h5-9,16-17,22H,4,10-15,18H2,1-3H3,(H,36,41)(H,35,37,38). The molecule has 0 radical (unpaired) electrons. The van der Waals surface area contributed by atoms with E-state index in [1.807, 2.05) is 12.1 Å². The van der Waals surface area contributed by atoms with E-state index in [0.29, 0.717) is 35.1 Å². The van der Waals surface area contributed by atoms with E-state index in [1.165, 1.54) is 7.11 Å². The third-order valence-corrected chi connectivity index (χ3v) is 7.95. The third-order valence-electron chi connectivity index (χ3n) is 7.95. The lowest BCUT2D eigenvalue weighted by molar-refractivity contribution is -0.139. The minimum Gasteiger partial charge on any atom is -0.495 e. The summed E-state index contributed by atoms with van der Waals surface area (Å²) < 4.78 is 52.3. The Morgan fingerprint density at radius 3 is 2.64 bits per heavy atom. The number of anilines is 2. The van der Waals surface area contributed by atoms with Crippen molar-refractivity contribution in [3.63, 3.8) is 0 Å². The zero-order valence-corrected chi connectivity index (χ0v) is 24.8. The van der Waals surface area contributed by atoms with E-state index in [4.69, 9.17) is 9.47 Å². The molecule has 2 amide bonds. The Kier molecular flexibility index (Phi) is 9.23. The van der Waals surface area contributed by atoms with Gasteiger partial charge in [0.25, 0.3) is 11.8 Å². The van der Waals surface area contributed by atoms with Crippen molar-refractivity contribution in [2.24, 2.45) is 0 Å². The van der Waals surface area contributed by atoms with Crippen LogP contribution < -0.4 is 20.1 Å². The third kappa shape index (κ3) is 6.88. The molecule has 10 nitrogen and oxygen atoms in total. The predicted molar refractivity (Wildman–Crippen MR) is 157 cm³/mol. The van der Waals surface area contributed by atoms with Gasteiger partial charge in [0.05, 0.1) is 19.4 Å². The molecule has 3 aromatic rings. The highest BCUT2D eigenvalue weighted by Crippen LogP contribution is 2.36. The number of halogens is 3. The van der Waals surface area contributed by atoms with Crippen LogP contribution in [0, 0.1) is 0 Å². The average Bonchev–Trinajstić information content (AvgIpc) is 3.30. The molecular formula is C31H35F3N6O4. The van der Waals surface area contributed by atoms with Crippen LogP contribution in [0.2, 0.25) is 0 Å². The molecule has 0 unspecified atom stereocenters. The lowest BCUT2D eigenvalue weighted by atomic mass is 10.0. The lowest BCUT2D eigenvalue weighted by Crippen LogP contribution is -2.44. The number of amides is 2. The maximum atomic E-state index is 13.8. The number of nitrogens with zero attached hydrogens (tertiary/aromatic N) is 4. The SMILES string of the molecule is CCN1CCC(NC(=O)c2ccc(Nc3ncc(C(F)(F)F)c(OCCc4cccc5c4C(=O)N(C)C5)n3)c(OC)c2)CC1. The van der Waals surface area contributed by atoms with Gasteiger partial charge in [-0.1, -0.05) is 25.1 Å². The quantitative estimate of drug-likeness (QED) is 0.340. The van der Waals surface area contributed by atoms with Crippen molar-refractivity contribution < 1.29 is 32.2 Å². The summed E-state index contributed by atoms with van der Waals surface area (Å²) >= 11 is 0. The highest BCUT2D eigenvalue weighted by molar-refractivity contribution is 5.99. The molecule has 2 aromatic carbocycles. The predicted octanol–water partition coefficient (Wildman–Crippen LogP) is 4.67. The van der Waals surface area contributed by atoms with Gasteiger partial charge in [-0.15, -0.1) is 0 Å². The summed E-state index contributed by atoms with van der Waals surface area (Å²) in [5.41, 5.74) is 1.74. The van der Waals surface area contributed by atoms with Crippen LogP contribution in [0.3, 0.4) is 0 Å². The van der Waals surface area contributed by atoms with E-state index in [9.17, 15) is 22.8 Å². The fourth-order valence-electron chi connectivity index (χ4n) is 5.49. The van der Waals surface area contributed by atoms with Crippen LogP contribution in [0.15, 0.2) is 42.6 Å². The Bertz CT molecular complexity index is 1520. The molecule has 0 bridgehead atoms. The molecule has 2 N–H and O–H groups in total. The highest BCUT2D eigenvalue weighted by Gasteiger charge is 2.36. The summed E-state index contributed by atoms with van der Waals surface area (Å²) in [5.74, 6) is -0.866. The molecule has 0 aliphatic carbocycles. The van der Waals surface area contributed by atoms with Gasteiger partial charge < -0.3 is 29.9 Å². The molecule has 2 aliphatic heterocycles. The smallest absolute Gasteiger partial charge is 0.423 e. The summed E-state index contributed by atoms with van der Waals surface area (Å²) in [5, 5.41) is 5.94. The van der Waals surface area contributed by atoms with E-state index in [2.05, 4.69) is 32.4 Å². The topological polar surface area (TPSA) is 109 Å². The molecule has 1 fully saturated rings. The van der Waals surface area contributed by atoms with Crippen LogP contribution in [-0.4, -0.2) is 78.0 Å². The second-order valence-electron chi connectivity index (χ2n) is 10.8. The maximum Gasteiger partial charge on any atom is 0.423 e. The Balaban J connectivity index is 1.29. The number of benzene rings is 2. The molecule has 2 aliphatic rings. The monoisotopic (exact) mass is 612 g/mol. The van der Waals surface area contributed by atoms with Gasteiger partial charge in [-0.25, -0.2) is 4.98 Å². The fraction of sp³-hybridized carbons (Fsp3) is 0.419. The second kappa shape index (κ2) is 13.1. The number of carbonyl (C=O) groups excluding carboxylic acids is 2. The van der Waals surface area contributed by atoms with Crippen LogP contribution in [0.5, 0.6) is 11.6 Å². The Hall–Kier alpha value is -4.39. The van der Waals surface area contributed by atoms with Crippen LogP contribution in [-0.2, 0) is 19.1 Å². The number of carbonyl (C=O) groups is 2.